The van der Waals surface area contributed by atoms with Gasteiger partial charge in [-0.15, -0.1) is 0 Å². The Bertz CT molecular complexity index is 208. The van der Waals surface area contributed by atoms with Gasteiger partial charge in [-0.3, -0.25) is 4.79 Å². The van der Waals surface area contributed by atoms with Gasteiger partial charge in [-0.05, 0) is 32.9 Å². The van der Waals surface area contributed by atoms with Gasteiger partial charge in [0.25, 0.3) is 0 Å². The molecule has 3 nitrogen and oxygen atoms in total. The number of nitrogens with one attached hydrogen (secondary N) is 1. The van der Waals surface area contributed by atoms with E-state index in [4.69, 9.17) is 0 Å². The number of rotatable bonds is 5. The van der Waals surface area contributed by atoms with Crippen LogP contribution in [0.5, 0.6) is 0 Å². The van der Waals surface area contributed by atoms with Crippen molar-refractivity contribution in [2.75, 3.05) is 26.2 Å². The van der Waals surface area contributed by atoms with Crippen molar-refractivity contribution < 1.29 is 4.79 Å². The van der Waals surface area contributed by atoms with E-state index in [1.54, 1.807) is 0 Å². The molecule has 1 saturated heterocycles. The number of likely N-dealkylation sites (tertiary alicyclic amines) is 1. The molecule has 0 unspecified atom stereocenters. The molecule has 1 aliphatic heterocycles. The van der Waals surface area contributed by atoms with Crippen LogP contribution in [-0.4, -0.2) is 37.0 Å². The summed E-state index contributed by atoms with van der Waals surface area (Å²) in [6.45, 7) is 6.12. The molecule has 0 atom stereocenters. The first-order valence-corrected chi connectivity index (χ1v) is 5.93. The molecule has 1 aliphatic rings. The molecule has 86 valence electrons. The summed E-state index contributed by atoms with van der Waals surface area (Å²) in [6, 6.07) is 0. The summed E-state index contributed by atoms with van der Waals surface area (Å²) in [6.07, 6.45) is 8.29. The lowest BCUT2D eigenvalue weighted by Crippen LogP contribution is -2.37. The van der Waals surface area contributed by atoms with E-state index < -0.39 is 0 Å². The molecule has 0 bridgehead atoms. The maximum absolute atomic E-state index is 11.3. The predicted octanol–water partition coefficient (Wildman–Crippen LogP) is 1.55. The van der Waals surface area contributed by atoms with Crippen LogP contribution in [0, 0.1) is 0 Å². The highest BCUT2D eigenvalue weighted by Gasteiger charge is 2.09. The van der Waals surface area contributed by atoms with Crippen LogP contribution in [0.2, 0.25) is 0 Å². The minimum Gasteiger partial charge on any atom is -0.355 e. The Morgan fingerprint density at radius 3 is 2.73 bits per heavy atom. The van der Waals surface area contributed by atoms with Crippen molar-refractivity contribution in [3.63, 3.8) is 0 Å². The number of piperidine rings is 1. The standard InChI is InChI=1S/C12H22N2O/c1-2-3-7-12(15)13-8-11-14-9-5-4-6-10-14/h2-3H,4-11H2,1H3,(H,13,15)/b3-2+. The first-order valence-electron chi connectivity index (χ1n) is 5.93. The molecule has 0 aromatic heterocycles. The van der Waals surface area contributed by atoms with Crippen molar-refractivity contribution in [2.24, 2.45) is 0 Å². The third-order valence-corrected chi connectivity index (χ3v) is 2.74. The van der Waals surface area contributed by atoms with Gasteiger partial charge < -0.3 is 10.2 Å². The third kappa shape index (κ3) is 5.57. The molecular weight excluding hydrogens is 188 g/mol. The number of amides is 1. The van der Waals surface area contributed by atoms with Gasteiger partial charge in [-0.1, -0.05) is 18.6 Å². The molecule has 0 aromatic carbocycles. The van der Waals surface area contributed by atoms with E-state index in [9.17, 15) is 4.79 Å². The fourth-order valence-electron chi connectivity index (χ4n) is 1.83. The quantitative estimate of drug-likeness (QED) is 0.698. The molecule has 15 heavy (non-hydrogen) atoms. The second-order valence-electron chi connectivity index (χ2n) is 4.03. The van der Waals surface area contributed by atoms with Crippen LogP contribution in [-0.2, 0) is 4.79 Å². The highest BCUT2D eigenvalue weighted by Crippen LogP contribution is 2.07. The summed E-state index contributed by atoms with van der Waals surface area (Å²) in [5.41, 5.74) is 0. The zero-order valence-corrected chi connectivity index (χ0v) is 9.67. The van der Waals surface area contributed by atoms with E-state index in [0.717, 1.165) is 13.1 Å². The molecule has 1 fully saturated rings. The van der Waals surface area contributed by atoms with Crippen LogP contribution in [0.3, 0.4) is 0 Å². The summed E-state index contributed by atoms with van der Waals surface area (Å²) in [7, 11) is 0. The molecule has 1 rings (SSSR count). The van der Waals surface area contributed by atoms with Gasteiger partial charge in [-0.2, -0.15) is 0 Å². The largest absolute Gasteiger partial charge is 0.355 e. The maximum atomic E-state index is 11.3. The van der Waals surface area contributed by atoms with Gasteiger partial charge >= 0.3 is 0 Å². The monoisotopic (exact) mass is 210 g/mol. The van der Waals surface area contributed by atoms with Gasteiger partial charge in [0.1, 0.15) is 0 Å². The molecule has 0 saturated carbocycles. The second-order valence-corrected chi connectivity index (χ2v) is 4.03. The van der Waals surface area contributed by atoms with E-state index >= 15 is 0 Å². The topological polar surface area (TPSA) is 32.3 Å². The fraction of sp³-hybridized carbons (Fsp3) is 0.750. The highest BCUT2D eigenvalue weighted by atomic mass is 16.1. The van der Waals surface area contributed by atoms with Crippen molar-refractivity contribution in [1.29, 1.82) is 0 Å². The number of carbonyl (C=O) groups is 1. The Morgan fingerprint density at radius 2 is 2.07 bits per heavy atom. The van der Waals surface area contributed by atoms with Crippen LogP contribution in [0.1, 0.15) is 32.6 Å². The summed E-state index contributed by atoms with van der Waals surface area (Å²) < 4.78 is 0. The molecule has 0 aromatic rings. The number of nitrogens with zero attached hydrogens (tertiary/aromatic N) is 1. The second kappa shape index (κ2) is 7.46. The molecular formula is C12H22N2O. The summed E-state index contributed by atoms with van der Waals surface area (Å²) in [5.74, 6) is 0.130. The van der Waals surface area contributed by atoms with Gasteiger partial charge in [0.15, 0.2) is 0 Å². The van der Waals surface area contributed by atoms with Crippen molar-refractivity contribution >= 4 is 5.91 Å². The van der Waals surface area contributed by atoms with Crippen LogP contribution < -0.4 is 5.32 Å². The van der Waals surface area contributed by atoms with Crippen molar-refractivity contribution in [1.82, 2.24) is 10.2 Å². The van der Waals surface area contributed by atoms with E-state index in [2.05, 4.69) is 10.2 Å². The normalized spacial score (nSPS) is 18.2. The third-order valence-electron chi connectivity index (χ3n) is 2.74. The van der Waals surface area contributed by atoms with Gasteiger partial charge in [0.2, 0.25) is 5.91 Å². The molecule has 1 heterocycles. The van der Waals surface area contributed by atoms with Gasteiger partial charge in [0, 0.05) is 19.5 Å². The van der Waals surface area contributed by atoms with E-state index in [0.29, 0.717) is 6.42 Å². The number of hydrogen-bond donors (Lipinski definition) is 1. The average Bonchev–Trinajstić information content (AvgIpc) is 2.28. The lowest BCUT2D eigenvalue weighted by molar-refractivity contribution is -0.120. The minimum atomic E-state index is 0.130. The Labute approximate surface area is 92.5 Å². The SMILES string of the molecule is C/C=C/CC(=O)NCCN1CCCCC1. The number of hydrogen-bond acceptors (Lipinski definition) is 2. The molecule has 3 heteroatoms. The van der Waals surface area contributed by atoms with Crippen LogP contribution in [0.15, 0.2) is 12.2 Å². The first-order chi connectivity index (χ1) is 7.33. The van der Waals surface area contributed by atoms with E-state index in [1.807, 2.05) is 19.1 Å². The zero-order chi connectivity index (χ0) is 10.9. The summed E-state index contributed by atoms with van der Waals surface area (Å²) in [4.78, 5) is 13.7. The molecule has 0 spiro atoms. The van der Waals surface area contributed by atoms with Gasteiger partial charge in [0.05, 0.1) is 0 Å². The Morgan fingerprint density at radius 1 is 1.33 bits per heavy atom. The highest BCUT2D eigenvalue weighted by molar-refractivity contribution is 5.77. The molecule has 0 aliphatic carbocycles. The molecule has 0 radical (unpaired) electrons. The maximum Gasteiger partial charge on any atom is 0.223 e. The van der Waals surface area contributed by atoms with Crippen LogP contribution in [0.25, 0.3) is 0 Å². The van der Waals surface area contributed by atoms with Crippen LogP contribution in [0.4, 0.5) is 0 Å². The van der Waals surface area contributed by atoms with Crippen molar-refractivity contribution in [2.45, 2.75) is 32.6 Å². The summed E-state index contributed by atoms with van der Waals surface area (Å²) in [5, 5.41) is 2.93. The zero-order valence-electron chi connectivity index (χ0n) is 9.67. The predicted molar refractivity (Wildman–Crippen MR) is 62.7 cm³/mol. The Balaban J connectivity index is 2.02. The average molecular weight is 210 g/mol. The number of carbonyl (C=O) groups excluding carboxylic acids is 1. The Hall–Kier alpha value is -0.830. The molecule has 1 amide bonds. The van der Waals surface area contributed by atoms with Crippen LogP contribution >= 0.6 is 0 Å². The van der Waals surface area contributed by atoms with Crippen molar-refractivity contribution in [3.8, 4) is 0 Å². The molecule has 1 N–H and O–H groups in total. The van der Waals surface area contributed by atoms with E-state index in [-0.39, 0.29) is 5.91 Å². The van der Waals surface area contributed by atoms with E-state index in [1.165, 1.54) is 32.4 Å². The number of allylic oxidation sites excluding steroid dienone is 1. The first kappa shape index (κ1) is 12.2. The summed E-state index contributed by atoms with van der Waals surface area (Å²) >= 11 is 0. The van der Waals surface area contributed by atoms with Crippen molar-refractivity contribution in [3.05, 3.63) is 12.2 Å². The Kier molecular flexibility index (Phi) is 6.09. The minimum absolute atomic E-state index is 0.130. The fourth-order valence-corrected chi connectivity index (χ4v) is 1.83. The van der Waals surface area contributed by atoms with Gasteiger partial charge in [-0.25, -0.2) is 0 Å². The smallest absolute Gasteiger partial charge is 0.223 e. The lowest BCUT2D eigenvalue weighted by Gasteiger charge is -2.26. The lowest BCUT2D eigenvalue weighted by atomic mass is 10.1.